The van der Waals surface area contributed by atoms with Gasteiger partial charge in [-0.25, -0.2) is 4.98 Å². The number of aryl methyl sites for hydroxylation is 1. The Balaban J connectivity index is 2.12. The molecule has 0 fully saturated rings. The molecule has 6 heteroatoms. The zero-order chi connectivity index (χ0) is 16.8. The SMILES string of the molecule is COc1cnc(C(=O)NCc2ccc(C#N)cc2C)c(OC)c1. The average Bonchev–Trinajstić information content (AvgIpc) is 2.59. The molecule has 1 aromatic carbocycles. The van der Waals surface area contributed by atoms with Crippen LogP contribution in [0.2, 0.25) is 0 Å². The van der Waals surface area contributed by atoms with Gasteiger partial charge in [0.05, 0.1) is 32.0 Å². The summed E-state index contributed by atoms with van der Waals surface area (Å²) in [4.78, 5) is 16.4. The van der Waals surface area contributed by atoms with E-state index in [1.165, 1.54) is 20.4 Å². The largest absolute Gasteiger partial charge is 0.495 e. The van der Waals surface area contributed by atoms with Crippen LogP contribution in [0.15, 0.2) is 30.5 Å². The molecule has 0 atom stereocenters. The second-order valence-electron chi connectivity index (χ2n) is 4.86. The first-order valence-electron chi connectivity index (χ1n) is 6.95. The molecule has 0 aliphatic carbocycles. The molecule has 0 saturated carbocycles. The number of pyridine rings is 1. The lowest BCUT2D eigenvalue weighted by atomic mass is 10.1. The van der Waals surface area contributed by atoms with Gasteiger partial charge in [0.2, 0.25) is 0 Å². The summed E-state index contributed by atoms with van der Waals surface area (Å²) >= 11 is 0. The minimum Gasteiger partial charge on any atom is -0.495 e. The summed E-state index contributed by atoms with van der Waals surface area (Å²) in [5, 5.41) is 11.7. The maximum atomic E-state index is 12.3. The topological polar surface area (TPSA) is 84.2 Å². The molecule has 2 aromatic rings. The molecule has 2 rings (SSSR count). The van der Waals surface area contributed by atoms with Crippen molar-refractivity contribution >= 4 is 5.91 Å². The lowest BCUT2D eigenvalue weighted by Gasteiger charge is -2.11. The Morgan fingerprint density at radius 2 is 2.09 bits per heavy atom. The fraction of sp³-hybridized carbons (Fsp3) is 0.235. The lowest BCUT2D eigenvalue weighted by molar-refractivity contribution is 0.0942. The maximum absolute atomic E-state index is 12.3. The minimum atomic E-state index is -0.340. The van der Waals surface area contributed by atoms with Crippen molar-refractivity contribution in [3.63, 3.8) is 0 Å². The van der Waals surface area contributed by atoms with Gasteiger partial charge in [-0.15, -0.1) is 0 Å². The summed E-state index contributed by atoms with van der Waals surface area (Å²) in [7, 11) is 2.99. The average molecular weight is 311 g/mol. The van der Waals surface area contributed by atoms with E-state index in [1.807, 2.05) is 13.0 Å². The third-order valence-electron chi connectivity index (χ3n) is 3.41. The van der Waals surface area contributed by atoms with E-state index in [0.717, 1.165) is 11.1 Å². The molecule has 118 valence electrons. The van der Waals surface area contributed by atoms with Gasteiger partial charge >= 0.3 is 0 Å². The van der Waals surface area contributed by atoms with Crippen LogP contribution in [0.1, 0.15) is 27.2 Å². The summed E-state index contributed by atoms with van der Waals surface area (Å²) in [6.45, 7) is 2.24. The van der Waals surface area contributed by atoms with Gasteiger partial charge in [0.1, 0.15) is 5.75 Å². The number of hydrogen-bond donors (Lipinski definition) is 1. The minimum absolute atomic E-state index is 0.194. The molecular weight excluding hydrogens is 294 g/mol. The molecule has 1 heterocycles. The van der Waals surface area contributed by atoms with Crippen LogP contribution in [0, 0.1) is 18.3 Å². The molecule has 0 saturated heterocycles. The first-order valence-corrected chi connectivity index (χ1v) is 6.95. The number of hydrogen-bond acceptors (Lipinski definition) is 5. The van der Waals surface area contributed by atoms with Gasteiger partial charge in [-0.05, 0) is 30.2 Å². The van der Waals surface area contributed by atoms with Crippen LogP contribution in [0.25, 0.3) is 0 Å². The van der Waals surface area contributed by atoms with Crippen LogP contribution in [0.3, 0.4) is 0 Å². The number of nitriles is 1. The van der Waals surface area contributed by atoms with E-state index in [0.29, 0.717) is 23.6 Å². The van der Waals surface area contributed by atoms with Gasteiger partial charge in [-0.2, -0.15) is 5.26 Å². The van der Waals surface area contributed by atoms with Gasteiger partial charge in [0.25, 0.3) is 5.91 Å². The number of carbonyl (C=O) groups excluding carboxylic acids is 1. The molecule has 0 unspecified atom stereocenters. The van der Waals surface area contributed by atoms with Crippen LogP contribution in [-0.2, 0) is 6.54 Å². The maximum Gasteiger partial charge on any atom is 0.274 e. The number of ether oxygens (including phenoxy) is 2. The van der Waals surface area contributed by atoms with Crippen molar-refractivity contribution in [1.29, 1.82) is 5.26 Å². The van der Waals surface area contributed by atoms with Crippen LogP contribution < -0.4 is 14.8 Å². The Labute approximate surface area is 134 Å². The Kier molecular flexibility index (Phi) is 5.15. The van der Waals surface area contributed by atoms with Crippen molar-refractivity contribution in [3.8, 4) is 17.6 Å². The third-order valence-corrected chi connectivity index (χ3v) is 3.41. The highest BCUT2D eigenvalue weighted by atomic mass is 16.5. The van der Waals surface area contributed by atoms with E-state index in [1.54, 1.807) is 18.2 Å². The van der Waals surface area contributed by atoms with Gasteiger partial charge in [-0.1, -0.05) is 6.07 Å². The fourth-order valence-electron chi connectivity index (χ4n) is 2.09. The molecule has 1 N–H and O–H groups in total. The molecule has 1 aromatic heterocycles. The van der Waals surface area contributed by atoms with E-state index < -0.39 is 0 Å². The van der Waals surface area contributed by atoms with Crippen molar-refractivity contribution in [1.82, 2.24) is 10.3 Å². The predicted molar refractivity (Wildman–Crippen MR) is 84.4 cm³/mol. The Hall–Kier alpha value is -3.07. The monoisotopic (exact) mass is 311 g/mol. The number of carbonyl (C=O) groups is 1. The highest BCUT2D eigenvalue weighted by molar-refractivity contribution is 5.95. The zero-order valence-electron chi connectivity index (χ0n) is 13.2. The number of aromatic nitrogens is 1. The molecule has 0 spiro atoms. The molecule has 0 radical (unpaired) electrons. The van der Waals surface area contributed by atoms with Gasteiger partial charge in [0, 0.05) is 12.6 Å². The summed E-state index contributed by atoms with van der Waals surface area (Å²) in [6.07, 6.45) is 1.46. The predicted octanol–water partition coefficient (Wildman–Crippen LogP) is 2.21. The standard InChI is InChI=1S/C17H17N3O3/c1-11-6-12(8-18)4-5-13(11)9-20-17(21)16-15(23-3)7-14(22-2)10-19-16/h4-7,10H,9H2,1-3H3,(H,20,21). The van der Waals surface area contributed by atoms with Crippen LogP contribution in [0.5, 0.6) is 11.5 Å². The van der Waals surface area contributed by atoms with Crippen molar-refractivity contribution in [2.75, 3.05) is 14.2 Å². The molecule has 23 heavy (non-hydrogen) atoms. The van der Waals surface area contributed by atoms with Crippen molar-refractivity contribution in [2.45, 2.75) is 13.5 Å². The highest BCUT2D eigenvalue weighted by Gasteiger charge is 2.15. The number of methoxy groups -OCH3 is 2. The zero-order valence-corrected chi connectivity index (χ0v) is 13.2. The summed E-state index contributed by atoms with van der Waals surface area (Å²) in [5.74, 6) is 0.521. The smallest absolute Gasteiger partial charge is 0.274 e. The Morgan fingerprint density at radius 1 is 1.30 bits per heavy atom. The van der Waals surface area contributed by atoms with E-state index in [9.17, 15) is 4.79 Å². The first-order chi connectivity index (χ1) is 11.1. The van der Waals surface area contributed by atoms with Crippen LogP contribution >= 0.6 is 0 Å². The summed E-state index contributed by atoms with van der Waals surface area (Å²) in [6, 6.07) is 9.03. The molecular formula is C17H17N3O3. The number of amides is 1. The molecule has 6 nitrogen and oxygen atoms in total. The third kappa shape index (κ3) is 3.77. The Bertz CT molecular complexity index is 766. The first kappa shape index (κ1) is 16.3. The Morgan fingerprint density at radius 3 is 2.70 bits per heavy atom. The molecule has 0 bridgehead atoms. The molecule has 0 aliphatic heterocycles. The van der Waals surface area contributed by atoms with Gasteiger partial charge < -0.3 is 14.8 Å². The van der Waals surface area contributed by atoms with Gasteiger partial charge in [0.15, 0.2) is 11.4 Å². The second kappa shape index (κ2) is 7.27. The van der Waals surface area contributed by atoms with Crippen molar-refractivity contribution < 1.29 is 14.3 Å². The number of benzene rings is 1. The lowest BCUT2D eigenvalue weighted by Crippen LogP contribution is -2.24. The molecule has 0 aliphatic rings. The molecule has 1 amide bonds. The van der Waals surface area contributed by atoms with E-state index in [4.69, 9.17) is 14.7 Å². The second-order valence-corrected chi connectivity index (χ2v) is 4.86. The van der Waals surface area contributed by atoms with E-state index in [-0.39, 0.29) is 11.6 Å². The normalized spacial score (nSPS) is 9.83. The van der Waals surface area contributed by atoms with Crippen LogP contribution in [0.4, 0.5) is 0 Å². The van der Waals surface area contributed by atoms with Crippen molar-refractivity contribution in [2.24, 2.45) is 0 Å². The summed E-state index contributed by atoms with van der Waals surface area (Å²) in [5.41, 5.74) is 2.67. The van der Waals surface area contributed by atoms with Crippen LogP contribution in [-0.4, -0.2) is 25.1 Å². The van der Waals surface area contributed by atoms with Gasteiger partial charge in [-0.3, -0.25) is 4.79 Å². The number of nitrogens with zero attached hydrogens (tertiary/aromatic N) is 2. The summed E-state index contributed by atoms with van der Waals surface area (Å²) < 4.78 is 10.2. The number of rotatable bonds is 5. The number of nitrogens with one attached hydrogen (secondary N) is 1. The van der Waals surface area contributed by atoms with E-state index in [2.05, 4.69) is 16.4 Å². The quantitative estimate of drug-likeness (QED) is 0.915. The highest BCUT2D eigenvalue weighted by Crippen LogP contribution is 2.22. The van der Waals surface area contributed by atoms with E-state index >= 15 is 0 Å². The van der Waals surface area contributed by atoms with Crippen molar-refractivity contribution in [3.05, 3.63) is 52.8 Å². The fourth-order valence-corrected chi connectivity index (χ4v) is 2.09.